The Morgan fingerprint density at radius 3 is 2.71 bits per heavy atom. The van der Waals surface area contributed by atoms with E-state index in [0.29, 0.717) is 19.0 Å². The Morgan fingerprint density at radius 2 is 2.06 bits per heavy atom. The summed E-state index contributed by atoms with van der Waals surface area (Å²) in [7, 11) is 3.63. The molecule has 2 amide bonds. The van der Waals surface area contributed by atoms with Crippen molar-refractivity contribution in [2.75, 3.05) is 18.5 Å². The van der Waals surface area contributed by atoms with E-state index in [0.717, 1.165) is 11.3 Å². The lowest BCUT2D eigenvalue weighted by molar-refractivity contribution is -0.139. The molecule has 0 unspecified atom stereocenters. The third-order valence-corrected chi connectivity index (χ3v) is 6.81. The zero-order valence-electron chi connectivity index (χ0n) is 18.4. The molecule has 2 fully saturated rings. The predicted octanol–water partition coefficient (Wildman–Crippen LogP) is 2.49. The fourth-order valence-corrected chi connectivity index (χ4v) is 5.20. The van der Waals surface area contributed by atoms with Gasteiger partial charge in [-0.05, 0) is 23.6 Å². The largest absolute Gasteiger partial charge is 0.360 e. The van der Waals surface area contributed by atoms with Crippen molar-refractivity contribution in [2.45, 2.75) is 38.0 Å². The lowest BCUT2D eigenvalue weighted by atomic mass is 9.76. The van der Waals surface area contributed by atoms with E-state index in [1.165, 1.54) is 5.56 Å². The number of aromatic nitrogens is 2. The molecule has 5 rings (SSSR count). The van der Waals surface area contributed by atoms with E-state index in [2.05, 4.69) is 31.1 Å². The minimum absolute atomic E-state index is 0.0303. The number of rotatable bonds is 5. The van der Waals surface area contributed by atoms with Gasteiger partial charge in [-0.2, -0.15) is 5.10 Å². The lowest BCUT2D eigenvalue weighted by Crippen LogP contribution is -2.44. The van der Waals surface area contributed by atoms with Crippen LogP contribution in [0.5, 0.6) is 0 Å². The Bertz CT molecular complexity index is 1060. The molecule has 3 aliphatic heterocycles. The molecule has 2 aromatic rings. The van der Waals surface area contributed by atoms with E-state index in [-0.39, 0.29) is 17.9 Å². The Hall–Kier alpha value is -2.93. The summed E-state index contributed by atoms with van der Waals surface area (Å²) in [5.41, 5.74) is 2.33. The quantitative estimate of drug-likeness (QED) is 0.697. The van der Waals surface area contributed by atoms with Crippen LogP contribution in [-0.4, -0.2) is 51.8 Å². The van der Waals surface area contributed by atoms with Crippen molar-refractivity contribution < 1.29 is 14.3 Å². The minimum atomic E-state index is -0.714. The summed E-state index contributed by atoms with van der Waals surface area (Å²) in [6.07, 6.45) is 7.25. The summed E-state index contributed by atoms with van der Waals surface area (Å²) in [4.78, 5) is 30.4. The Labute approximate surface area is 182 Å². The van der Waals surface area contributed by atoms with Crippen molar-refractivity contribution in [1.29, 1.82) is 0 Å². The fourth-order valence-electron chi connectivity index (χ4n) is 5.20. The number of aryl methyl sites for hydroxylation is 1. The van der Waals surface area contributed by atoms with E-state index in [1.54, 1.807) is 27.7 Å². The van der Waals surface area contributed by atoms with Gasteiger partial charge in [0.05, 0.1) is 30.7 Å². The minimum Gasteiger partial charge on any atom is -0.360 e. The third kappa shape index (κ3) is 3.10. The van der Waals surface area contributed by atoms with Crippen molar-refractivity contribution in [3.63, 3.8) is 0 Å². The van der Waals surface area contributed by atoms with Gasteiger partial charge < -0.3 is 14.5 Å². The van der Waals surface area contributed by atoms with Gasteiger partial charge in [0.25, 0.3) is 0 Å². The highest BCUT2D eigenvalue weighted by molar-refractivity contribution is 6.03. The van der Waals surface area contributed by atoms with Gasteiger partial charge in [0.1, 0.15) is 5.60 Å². The molecule has 162 valence electrons. The van der Waals surface area contributed by atoms with E-state index in [1.807, 2.05) is 37.5 Å². The molecule has 2 saturated heterocycles. The molecule has 1 spiro atoms. The standard InChI is InChI=1S/C24H28N4O3/c1-15(2)17-5-7-18(8-6-17)28-14-24-10-9-19(31-24)20(21(24)23(28)30)22(29)26(3)12-16-11-25-27(4)13-16/h5-11,13,15,19-21H,12,14H2,1-4H3/t19-,20+,21+,24-/m0/s1. The number of benzene rings is 1. The molecular weight excluding hydrogens is 392 g/mol. The molecular formula is C24H28N4O3. The Morgan fingerprint density at radius 1 is 1.32 bits per heavy atom. The SMILES string of the molecule is CC(C)c1ccc(N2C[C@]34C=C[C@H](O3)[C@@H](C(=O)N(C)Cc3cnn(C)c3)[C@@H]4C2=O)cc1. The van der Waals surface area contributed by atoms with Crippen LogP contribution in [0.3, 0.4) is 0 Å². The highest BCUT2D eigenvalue weighted by Crippen LogP contribution is 2.53. The molecule has 4 atom stereocenters. The van der Waals surface area contributed by atoms with E-state index < -0.39 is 17.4 Å². The van der Waals surface area contributed by atoms with Crippen LogP contribution >= 0.6 is 0 Å². The van der Waals surface area contributed by atoms with Gasteiger partial charge in [-0.1, -0.05) is 38.1 Å². The molecule has 1 aromatic heterocycles. The predicted molar refractivity (Wildman–Crippen MR) is 116 cm³/mol. The fraction of sp³-hybridized carbons (Fsp3) is 0.458. The first-order valence-electron chi connectivity index (χ1n) is 10.8. The maximum absolute atomic E-state index is 13.5. The van der Waals surface area contributed by atoms with Crippen LogP contribution in [-0.2, 0) is 27.9 Å². The maximum Gasteiger partial charge on any atom is 0.234 e. The monoisotopic (exact) mass is 420 g/mol. The third-order valence-electron chi connectivity index (χ3n) is 6.81. The van der Waals surface area contributed by atoms with Gasteiger partial charge in [0.15, 0.2) is 0 Å². The molecule has 7 nitrogen and oxygen atoms in total. The van der Waals surface area contributed by atoms with Crippen LogP contribution in [0.15, 0.2) is 48.8 Å². The van der Waals surface area contributed by atoms with Gasteiger partial charge in [-0.3, -0.25) is 14.3 Å². The summed E-state index contributed by atoms with van der Waals surface area (Å²) >= 11 is 0. The van der Waals surface area contributed by atoms with Gasteiger partial charge in [-0.15, -0.1) is 0 Å². The Balaban J connectivity index is 1.39. The first kappa shape index (κ1) is 20.0. The molecule has 1 aromatic carbocycles. The summed E-state index contributed by atoms with van der Waals surface area (Å²) in [5.74, 6) is -0.650. The van der Waals surface area contributed by atoms with Crippen LogP contribution in [0.1, 0.15) is 30.9 Å². The number of amides is 2. The van der Waals surface area contributed by atoms with Crippen molar-refractivity contribution in [1.82, 2.24) is 14.7 Å². The number of anilines is 1. The number of fused-ring (bicyclic) bond motifs is 1. The van der Waals surface area contributed by atoms with Crippen molar-refractivity contribution in [3.8, 4) is 0 Å². The molecule has 3 aliphatic rings. The molecule has 0 saturated carbocycles. The number of carbonyl (C=O) groups is 2. The zero-order chi connectivity index (χ0) is 21.9. The summed E-state index contributed by atoms with van der Waals surface area (Å²) in [6, 6.07) is 8.12. The molecule has 0 N–H and O–H groups in total. The second-order valence-corrected chi connectivity index (χ2v) is 9.29. The average molecular weight is 421 g/mol. The molecule has 2 bridgehead atoms. The van der Waals surface area contributed by atoms with Crippen molar-refractivity contribution >= 4 is 17.5 Å². The smallest absolute Gasteiger partial charge is 0.234 e. The van der Waals surface area contributed by atoms with Crippen LogP contribution < -0.4 is 4.90 Å². The summed E-state index contributed by atoms with van der Waals surface area (Å²) < 4.78 is 7.99. The van der Waals surface area contributed by atoms with Crippen LogP contribution in [0.25, 0.3) is 0 Å². The van der Waals surface area contributed by atoms with Crippen molar-refractivity contribution in [2.24, 2.45) is 18.9 Å². The van der Waals surface area contributed by atoms with Gasteiger partial charge in [-0.25, -0.2) is 0 Å². The first-order valence-corrected chi connectivity index (χ1v) is 10.8. The molecule has 4 heterocycles. The lowest BCUT2D eigenvalue weighted by Gasteiger charge is -2.27. The molecule has 7 heteroatoms. The second-order valence-electron chi connectivity index (χ2n) is 9.29. The highest BCUT2D eigenvalue weighted by Gasteiger charge is 2.67. The average Bonchev–Trinajstić information content (AvgIpc) is 3.49. The Kier molecular flexibility index (Phi) is 4.55. The number of hydrogen-bond acceptors (Lipinski definition) is 4. The van der Waals surface area contributed by atoms with Gasteiger partial charge >= 0.3 is 0 Å². The molecule has 31 heavy (non-hydrogen) atoms. The topological polar surface area (TPSA) is 67.7 Å². The summed E-state index contributed by atoms with van der Waals surface area (Å²) in [6.45, 7) is 5.19. The summed E-state index contributed by atoms with van der Waals surface area (Å²) in [5, 5.41) is 4.17. The molecule has 0 aliphatic carbocycles. The normalized spacial score (nSPS) is 28.6. The maximum atomic E-state index is 13.5. The van der Waals surface area contributed by atoms with Gasteiger partial charge in [0, 0.05) is 38.1 Å². The van der Waals surface area contributed by atoms with Crippen LogP contribution in [0.2, 0.25) is 0 Å². The number of carbonyl (C=O) groups excluding carboxylic acids is 2. The van der Waals surface area contributed by atoms with Gasteiger partial charge in [0.2, 0.25) is 11.8 Å². The zero-order valence-corrected chi connectivity index (χ0v) is 18.4. The van der Waals surface area contributed by atoms with E-state index in [9.17, 15) is 9.59 Å². The number of ether oxygens (including phenoxy) is 1. The van der Waals surface area contributed by atoms with Crippen molar-refractivity contribution in [3.05, 3.63) is 59.9 Å². The van der Waals surface area contributed by atoms with Crippen LogP contribution in [0, 0.1) is 11.8 Å². The number of nitrogens with zero attached hydrogens (tertiary/aromatic N) is 4. The van der Waals surface area contributed by atoms with E-state index in [4.69, 9.17) is 4.74 Å². The second kappa shape index (κ2) is 7.05. The molecule has 0 radical (unpaired) electrons. The van der Waals surface area contributed by atoms with E-state index >= 15 is 0 Å². The highest BCUT2D eigenvalue weighted by atomic mass is 16.5. The first-order chi connectivity index (χ1) is 14.8. The number of hydrogen-bond donors (Lipinski definition) is 0. The van der Waals surface area contributed by atoms with Crippen LogP contribution in [0.4, 0.5) is 5.69 Å².